The number of esters is 2. The lowest BCUT2D eigenvalue weighted by molar-refractivity contribution is -0.141. The van der Waals surface area contributed by atoms with E-state index in [1.54, 1.807) is 29.4 Å². The van der Waals surface area contributed by atoms with Crippen molar-refractivity contribution < 1.29 is 27.8 Å². The number of carbonyl (C=O) groups excluding carboxylic acids is 2. The van der Waals surface area contributed by atoms with E-state index in [2.05, 4.69) is 15.4 Å². The Kier molecular flexibility index (Phi) is 7.76. The molecule has 1 aliphatic carbocycles. The number of aromatic nitrogens is 3. The molecule has 2 aromatic heterocycles. The summed E-state index contributed by atoms with van der Waals surface area (Å²) in [4.78, 5) is 34.2. The number of hydrogen-bond donors (Lipinski definition) is 1. The summed E-state index contributed by atoms with van der Waals surface area (Å²) in [6, 6.07) is 1.22. The molecule has 0 saturated heterocycles. The molecule has 1 N–H and O–H groups in total. The molecule has 0 fully saturated rings. The maximum Gasteiger partial charge on any atom is 0.338 e. The molecule has 3 aromatic rings. The van der Waals surface area contributed by atoms with Crippen molar-refractivity contribution in [2.24, 2.45) is 10.9 Å². The van der Waals surface area contributed by atoms with Gasteiger partial charge in [-0.25, -0.2) is 18.6 Å². The van der Waals surface area contributed by atoms with Crippen molar-refractivity contribution >= 4 is 40.7 Å². The number of nitrogens with one attached hydrogen (secondary N) is 1. The SMILES string of the molecule is CCOC(=O)C1=C(C2CCc3nn(CC(=O)OC)cc3C2)NC(c2nccs2)=NC1c1ccc(F)c(F)c1Cl. The van der Waals surface area contributed by atoms with Crippen molar-refractivity contribution in [3.63, 3.8) is 0 Å². The monoisotopic (exact) mass is 575 g/mol. The van der Waals surface area contributed by atoms with Crippen molar-refractivity contribution in [1.29, 1.82) is 0 Å². The molecule has 2 unspecified atom stereocenters. The molecule has 0 radical (unpaired) electrons. The van der Waals surface area contributed by atoms with Gasteiger partial charge in [-0.3, -0.25) is 14.5 Å². The molecular formula is C26H24ClF2N5O4S. The van der Waals surface area contributed by atoms with Crippen molar-refractivity contribution in [2.75, 3.05) is 13.7 Å². The average molecular weight is 576 g/mol. The van der Waals surface area contributed by atoms with Crippen LogP contribution < -0.4 is 5.32 Å². The number of allylic oxidation sites excluding steroid dienone is 1. The van der Waals surface area contributed by atoms with Crippen molar-refractivity contribution in [2.45, 2.75) is 38.8 Å². The third-order valence-electron chi connectivity index (χ3n) is 6.61. The van der Waals surface area contributed by atoms with Crippen LogP contribution in [0.1, 0.15) is 41.2 Å². The van der Waals surface area contributed by atoms with Crippen LogP contribution in [0.3, 0.4) is 0 Å². The first-order valence-corrected chi connectivity index (χ1v) is 13.5. The van der Waals surface area contributed by atoms with E-state index in [4.69, 9.17) is 26.1 Å². The van der Waals surface area contributed by atoms with Gasteiger partial charge in [0, 0.05) is 35.0 Å². The van der Waals surface area contributed by atoms with Gasteiger partial charge in [0.1, 0.15) is 12.6 Å². The van der Waals surface area contributed by atoms with Gasteiger partial charge in [0.05, 0.1) is 30.0 Å². The highest BCUT2D eigenvalue weighted by molar-refractivity contribution is 7.11. The molecule has 0 spiro atoms. The lowest BCUT2D eigenvalue weighted by atomic mass is 9.81. The summed E-state index contributed by atoms with van der Waals surface area (Å²) < 4.78 is 40.2. The number of methoxy groups -OCH3 is 1. The quantitative estimate of drug-likeness (QED) is 0.333. The van der Waals surface area contributed by atoms with Crippen LogP contribution in [0.2, 0.25) is 5.02 Å². The first-order valence-electron chi connectivity index (χ1n) is 12.2. The van der Waals surface area contributed by atoms with Crippen LogP contribution in [0.5, 0.6) is 0 Å². The van der Waals surface area contributed by atoms with Gasteiger partial charge >= 0.3 is 11.9 Å². The number of hydrogen-bond acceptors (Lipinski definition) is 9. The molecule has 1 aliphatic heterocycles. The summed E-state index contributed by atoms with van der Waals surface area (Å²) in [7, 11) is 1.32. The van der Waals surface area contributed by atoms with Crippen LogP contribution in [0.25, 0.3) is 0 Å². The summed E-state index contributed by atoms with van der Waals surface area (Å²) >= 11 is 7.60. The molecule has 2 aliphatic rings. The van der Waals surface area contributed by atoms with Gasteiger partial charge < -0.3 is 14.8 Å². The summed E-state index contributed by atoms with van der Waals surface area (Å²) in [6.07, 6.45) is 5.14. The smallest absolute Gasteiger partial charge is 0.338 e. The summed E-state index contributed by atoms with van der Waals surface area (Å²) in [6.45, 7) is 1.77. The van der Waals surface area contributed by atoms with Crippen LogP contribution in [0.4, 0.5) is 8.78 Å². The number of aryl methyl sites for hydroxylation is 1. The molecule has 0 bridgehead atoms. The zero-order chi connectivity index (χ0) is 27.7. The number of amidine groups is 1. The number of nitrogens with zero attached hydrogens (tertiary/aromatic N) is 4. The van der Waals surface area contributed by atoms with E-state index in [0.717, 1.165) is 17.3 Å². The lowest BCUT2D eigenvalue weighted by Gasteiger charge is -2.33. The molecule has 0 amide bonds. The topological polar surface area (TPSA) is 108 Å². The fraction of sp³-hybridized carbons (Fsp3) is 0.346. The summed E-state index contributed by atoms with van der Waals surface area (Å²) in [5, 5.41) is 9.70. The predicted molar refractivity (Wildman–Crippen MR) is 139 cm³/mol. The minimum atomic E-state index is -1.22. The van der Waals surface area contributed by atoms with Crippen molar-refractivity contribution in [1.82, 2.24) is 20.1 Å². The second-order valence-corrected chi connectivity index (χ2v) is 10.2. The molecule has 1 aromatic carbocycles. The van der Waals surface area contributed by atoms with Crippen LogP contribution in [-0.4, -0.2) is 46.3 Å². The van der Waals surface area contributed by atoms with Gasteiger partial charge in [0.2, 0.25) is 0 Å². The Labute approximate surface area is 231 Å². The number of fused-ring (bicyclic) bond motifs is 1. The second-order valence-electron chi connectivity index (χ2n) is 8.97. The number of ether oxygens (including phenoxy) is 2. The molecule has 13 heteroatoms. The van der Waals surface area contributed by atoms with E-state index in [1.165, 1.54) is 24.5 Å². The largest absolute Gasteiger partial charge is 0.468 e. The van der Waals surface area contributed by atoms with E-state index < -0.39 is 34.6 Å². The van der Waals surface area contributed by atoms with Crippen LogP contribution >= 0.6 is 22.9 Å². The van der Waals surface area contributed by atoms with Gasteiger partial charge in [-0.1, -0.05) is 17.7 Å². The highest BCUT2D eigenvalue weighted by Crippen LogP contribution is 2.41. The standard InChI is InChI=1S/C26H24ClF2N5O4S/c1-3-38-26(36)19-22(13-4-7-17-14(10-13)11-34(33-17)12-18(35)37-2)31-24(25-30-8-9-39-25)32-23(19)15-5-6-16(28)21(29)20(15)27/h5-6,8-9,11,13,23H,3-4,7,10,12H2,1-2H3,(H,31,32). The number of halogens is 3. The van der Waals surface area contributed by atoms with Gasteiger partial charge in [-0.15, -0.1) is 11.3 Å². The van der Waals surface area contributed by atoms with Crippen LogP contribution in [0.15, 0.2) is 46.2 Å². The number of thiazole rings is 1. The second kappa shape index (κ2) is 11.2. The molecule has 3 heterocycles. The van der Waals surface area contributed by atoms with Gasteiger partial charge in [-0.2, -0.15) is 5.10 Å². The maximum absolute atomic E-state index is 14.6. The maximum atomic E-state index is 14.6. The highest BCUT2D eigenvalue weighted by Gasteiger charge is 2.38. The van der Waals surface area contributed by atoms with Crippen molar-refractivity contribution in [3.8, 4) is 0 Å². The van der Waals surface area contributed by atoms with Gasteiger partial charge in [0.25, 0.3) is 0 Å². The molecule has 9 nitrogen and oxygen atoms in total. The number of carbonyl (C=O) groups is 2. The van der Waals surface area contributed by atoms with Gasteiger partial charge in [0.15, 0.2) is 22.5 Å². The molecule has 2 atom stereocenters. The Balaban J connectivity index is 1.61. The summed E-state index contributed by atoms with van der Waals surface area (Å²) in [5.74, 6) is -3.20. The average Bonchev–Trinajstić information content (AvgIpc) is 3.61. The molecule has 39 heavy (non-hydrogen) atoms. The number of rotatable bonds is 7. The lowest BCUT2D eigenvalue weighted by Crippen LogP contribution is -2.38. The summed E-state index contributed by atoms with van der Waals surface area (Å²) in [5.41, 5.74) is 2.63. The fourth-order valence-corrected chi connectivity index (χ4v) is 5.68. The Morgan fingerprint density at radius 2 is 2.13 bits per heavy atom. The Morgan fingerprint density at radius 1 is 1.31 bits per heavy atom. The fourth-order valence-electron chi connectivity index (χ4n) is 4.83. The van der Waals surface area contributed by atoms with E-state index in [1.807, 2.05) is 0 Å². The third-order valence-corrected chi connectivity index (χ3v) is 7.78. The minimum Gasteiger partial charge on any atom is -0.468 e. The normalized spacial score (nSPS) is 18.7. The molecular weight excluding hydrogens is 552 g/mol. The molecule has 0 saturated carbocycles. The zero-order valence-corrected chi connectivity index (χ0v) is 22.6. The van der Waals surface area contributed by atoms with Crippen LogP contribution in [0, 0.1) is 17.6 Å². The first-order chi connectivity index (χ1) is 18.8. The Bertz CT molecular complexity index is 1490. The predicted octanol–water partition coefficient (Wildman–Crippen LogP) is 4.16. The number of aliphatic imine (C=N–C) groups is 1. The highest BCUT2D eigenvalue weighted by atomic mass is 35.5. The zero-order valence-electron chi connectivity index (χ0n) is 21.0. The van der Waals surface area contributed by atoms with E-state index in [-0.39, 0.29) is 30.2 Å². The van der Waals surface area contributed by atoms with E-state index in [9.17, 15) is 18.4 Å². The third kappa shape index (κ3) is 5.30. The molecule has 5 rings (SSSR count). The number of benzene rings is 1. The first kappa shape index (κ1) is 26.9. The van der Waals surface area contributed by atoms with E-state index in [0.29, 0.717) is 35.8 Å². The van der Waals surface area contributed by atoms with Crippen LogP contribution in [-0.2, 0) is 38.4 Å². The Morgan fingerprint density at radius 3 is 2.85 bits per heavy atom. The van der Waals surface area contributed by atoms with E-state index >= 15 is 0 Å². The Hall–Kier alpha value is -3.64. The minimum absolute atomic E-state index is 0.0131. The molecule has 204 valence electrons. The van der Waals surface area contributed by atoms with Gasteiger partial charge in [-0.05, 0) is 37.8 Å². The van der Waals surface area contributed by atoms with Crippen molar-refractivity contribution in [3.05, 3.63) is 79.7 Å².